The van der Waals surface area contributed by atoms with Crippen LogP contribution < -0.4 is 10.1 Å². The van der Waals surface area contributed by atoms with Crippen molar-refractivity contribution in [2.75, 3.05) is 20.2 Å². The minimum Gasteiger partial charge on any atom is -0.497 e. The van der Waals surface area contributed by atoms with Gasteiger partial charge in [0.2, 0.25) is 0 Å². The molecular weight excluding hydrogens is 210 g/mol. The van der Waals surface area contributed by atoms with Crippen LogP contribution in [0.3, 0.4) is 0 Å². The summed E-state index contributed by atoms with van der Waals surface area (Å²) in [5.74, 6) is 1.69. The second kappa shape index (κ2) is 5.99. The van der Waals surface area contributed by atoms with Gasteiger partial charge < -0.3 is 10.1 Å². The summed E-state index contributed by atoms with van der Waals surface area (Å²) in [5, 5.41) is 3.38. The molecule has 2 rings (SSSR count). The van der Waals surface area contributed by atoms with Gasteiger partial charge in [-0.1, -0.05) is 12.1 Å². The van der Waals surface area contributed by atoms with Crippen LogP contribution in [0, 0.1) is 0 Å². The first-order valence-electron chi connectivity index (χ1n) is 5.25. The minimum atomic E-state index is 0. The Morgan fingerprint density at radius 1 is 1.13 bits per heavy atom. The highest BCUT2D eigenvalue weighted by Gasteiger charge is 2.14. The number of ether oxygens (including phenoxy) is 1. The summed E-state index contributed by atoms with van der Waals surface area (Å²) in [4.78, 5) is 0. The Kier molecular flexibility index (Phi) is 4.92. The minimum absolute atomic E-state index is 0. The fourth-order valence-electron chi connectivity index (χ4n) is 2.03. The van der Waals surface area contributed by atoms with Gasteiger partial charge in [-0.25, -0.2) is 0 Å². The van der Waals surface area contributed by atoms with E-state index >= 15 is 0 Å². The van der Waals surface area contributed by atoms with Gasteiger partial charge in [-0.15, -0.1) is 12.4 Å². The zero-order chi connectivity index (χ0) is 9.80. The summed E-state index contributed by atoms with van der Waals surface area (Å²) >= 11 is 0. The first-order valence-corrected chi connectivity index (χ1v) is 5.25. The molecule has 1 fully saturated rings. The lowest BCUT2D eigenvalue weighted by molar-refractivity contribution is 0.413. The molecule has 1 aliphatic rings. The Hall–Kier alpha value is -0.730. The van der Waals surface area contributed by atoms with Crippen LogP contribution in [0.15, 0.2) is 24.3 Å². The standard InChI is InChI=1S/C12H17NO.ClH/c1-14-12-4-2-10(3-5-12)11-6-8-13-9-7-11;/h2-5,11,13H,6-9H2,1H3;1H. The number of benzene rings is 1. The molecule has 1 aromatic carbocycles. The second-order valence-electron chi connectivity index (χ2n) is 3.80. The van der Waals surface area contributed by atoms with Gasteiger partial charge in [0.25, 0.3) is 0 Å². The summed E-state index contributed by atoms with van der Waals surface area (Å²) in [5.41, 5.74) is 1.45. The third-order valence-electron chi connectivity index (χ3n) is 2.93. The highest BCUT2D eigenvalue weighted by molar-refractivity contribution is 5.85. The quantitative estimate of drug-likeness (QED) is 0.839. The van der Waals surface area contributed by atoms with Crippen molar-refractivity contribution in [3.05, 3.63) is 29.8 Å². The first-order chi connectivity index (χ1) is 6.90. The summed E-state index contributed by atoms with van der Waals surface area (Å²) in [6.45, 7) is 2.30. The first kappa shape index (κ1) is 12.3. The van der Waals surface area contributed by atoms with Gasteiger partial charge in [0.05, 0.1) is 7.11 Å². The molecule has 15 heavy (non-hydrogen) atoms. The van der Waals surface area contributed by atoms with Crippen LogP contribution in [0.5, 0.6) is 5.75 Å². The van der Waals surface area contributed by atoms with E-state index in [0.29, 0.717) is 0 Å². The van der Waals surface area contributed by atoms with Crippen molar-refractivity contribution >= 4 is 12.4 Å². The molecule has 1 aromatic rings. The van der Waals surface area contributed by atoms with E-state index in [9.17, 15) is 0 Å². The molecule has 1 aliphatic heterocycles. The average molecular weight is 228 g/mol. The van der Waals surface area contributed by atoms with Crippen molar-refractivity contribution in [1.82, 2.24) is 5.32 Å². The van der Waals surface area contributed by atoms with E-state index in [1.54, 1.807) is 7.11 Å². The van der Waals surface area contributed by atoms with Crippen molar-refractivity contribution in [3.63, 3.8) is 0 Å². The fraction of sp³-hybridized carbons (Fsp3) is 0.500. The van der Waals surface area contributed by atoms with Gasteiger partial charge in [0, 0.05) is 0 Å². The number of nitrogens with one attached hydrogen (secondary N) is 1. The molecule has 0 aromatic heterocycles. The Labute approximate surface area is 97.4 Å². The molecule has 1 saturated heterocycles. The Morgan fingerprint density at radius 2 is 1.73 bits per heavy atom. The van der Waals surface area contributed by atoms with Gasteiger partial charge in [-0.05, 0) is 49.5 Å². The molecular formula is C12H18ClNO. The summed E-state index contributed by atoms with van der Waals surface area (Å²) in [7, 11) is 1.71. The van der Waals surface area contributed by atoms with E-state index in [2.05, 4.69) is 29.6 Å². The zero-order valence-corrected chi connectivity index (χ0v) is 9.85. The van der Waals surface area contributed by atoms with Crippen molar-refractivity contribution in [3.8, 4) is 5.75 Å². The van der Waals surface area contributed by atoms with Gasteiger partial charge >= 0.3 is 0 Å². The largest absolute Gasteiger partial charge is 0.497 e. The highest BCUT2D eigenvalue weighted by Crippen LogP contribution is 2.26. The van der Waals surface area contributed by atoms with Gasteiger partial charge in [0.15, 0.2) is 0 Å². The third kappa shape index (κ3) is 3.11. The lowest BCUT2D eigenvalue weighted by Gasteiger charge is -2.22. The predicted octanol–water partition coefficient (Wildman–Crippen LogP) is 2.58. The van der Waals surface area contributed by atoms with Gasteiger partial charge in [0.1, 0.15) is 5.75 Å². The predicted molar refractivity (Wildman–Crippen MR) is 65.1 cm³/mol. The van der Waals surface area contributed by atoms with Crippen molar-refractivity contribution < 1.29 is 4.74 Å². The lowest BCUT2D eigenvalue weighted by Crippen LogP contribution is -2.26. The van der Waals surface area contributed by atoms with Crippen LogP contribution in [0.4, 0.5) is 0 Å². The van der Waals surface area contributed by atoms with E-state index in [-0.39, 0.29) is 12.4 Å². The van der Waals surface area contributed by atoms with E-state index in [4.69, 9.17) is 4.74 Å². The monoisotopic (exact) mass is 227 g/mol. The molecule has 0 spiro atoms. The average Bonchev–Trinajstić information content (AvgIpc) is 2.30. The molecule has 0 atom stereocenters. The molecule has 0 radical (unpaired) electrons. The molecule has 84 valence electrons. The van der Waals surface area contributed by atoms with Crippen LogP contribution in [0.2, 0.25) is 0 Å². The third-order valence-corrected chi connectivity index (χ3v) is 2.93. The summed E-state index contributed by atoms with van der Waals surface area (Å²) in [6, 6.07) is 8.48. The van der Waals surface area contributed by atoms with Crippen LogP contribution >= 0.6 is 12.4 Å². The zero-order valence-electron chi connectivity index (χ0n) is 9.03. The number of hydrogen-bond donors (Lipinski definition) is 1. The maximum absolute atomic E-state index is 5.14. The maximum atomic E-state index is 5.14. The summed E-state index contributed by atoms with van der Waals surface area (Å²) in [6.07, 6.45) is 2.51. The van der Waals surface area contributed by atoms with Gasteiger partial charge in [-0.3, -0.25) is 0 Å². The van der Waals surface area contributed by atoms with Crippen LogP contribution in [-0.2, 0) is 0 Å². The van der Waals surface area contributed by atoms with E-state index in [1.807, 2.05) is 0 Å². The van der Waals surface area contributed by atoms with E-state index < -0.39 is 0 Å². The highest BCUT2D eigenvalue weighted by atomic mass is 35.5. The Balaban J connectivity index is 0.00000112. The summed E-state index contributed by atoms with van der Waals surface area (Å²) < 4.78 is 5.14. The molecule has 1 heterocycles. The van der Waals surface area contributed by atoms with Crippen LogP contribution in [0.25, 0.3) is 0 Å². The van der Waals surface area contributed by atoms with Crippen LogP contribution in [-0.4, -0.2) is 20.2 Å². The van der Waals surface area contributed by atoms with Crippen LogP contribution in [0.1, 0.15) is 24.3 Å². The second-order valence-corrected chi connectivity index (χ2v) is 3.80. The molecule has 0 unspecified atom stereocenters. The fourth-order valence-corrected chi connectivity index (χ4v) is 2.03. The number of piperidine rings is 1. The maximum Gasteiger partial charge on any atom is 0.118 e. The smallest absolute Gasteiger partial charge is 0.118 e. The molecule has 1 N–H and O–H groups in total. The van der Waals surface area contributed by atoms with Gasteiger partial charge in [-0.2, -0.15) is 0 Å². The van der Waals surface area contributed by atoms with E-state index in [0.717, 1.165) is 24.8 Å². The van der Waals surface area contributed by atoms with Crippen molar-refractivity contribution in [2.24, 2.45) is 0 Å². The topological polar surface area (TPSA) is 21.3 Å². The number of methoxy groups -OCH3 is 1. The lowest BCUT2D eigenvalue weighted by atomic mass is 9.90. The molecule has 0 aliphatic carbocycles. The molecule has 0 amide bonds. The Morgan fingerprint density at radius 3 is 2.27 bits per heavy atom. The molecule has 0 saturated carbocycles. The number of halogens is 1. The number of hydrogen-bond acceptors (Lipinski definition) is 2. The molecule has 3 heteroatoms. The number of rotatable bonds is 2. The van der Waals surface area contributed by atoms with E-state index in [1.165, 1.54) is 18.4 Å². The normalized spacial score (nSPS) is 16.9. The molecule has 2 nitrogen and oxygen atoms in total. The van der Waals surface area contributed by atoms with Crippen molar-refractivity contribution in [1.29, 1.82) is 0 Å². The SMILES string of the molecule is COc1ccc(C2CCNCC2)cc1.Cl. The Bertz CT molecular complexity index is 280. The molecule has 0 bridgehead atoms. The van der Waals surface area contributed by atoms with Crippen molar-refractivity contribution in [2.45, 2.75) is 18.8 Å².